The highest BCUT2D eigenvalue weighted by Crippen LogP contribution is 2.20. The largest absolute Gasteiger partial charge is 0.284 e. The molecule has 1 heteroatoms. The molecule has 0 radical (unpaired) electrons. The molecule has 2 aromatic rings. The van der Waals surface area contributed by atoms with E-state index in [9.17, 15) is 0 Å². The summed E-state index contributed by atoms with van der Waals surface area (Å²) in [5.41, 5.74) is 2.43. The molecule has 0 aliphatic carbocycles. The molecule has 1 atom stereocenters. The SMILES string of the molecule is CC[C@H](N=Cc1ccccc1)c1ccccc1. The second-order valence-electron chi connectivity index (χ2n) is 4.02. The van der Waals surface area contributed by atoms with Crippen molar-refractivity contribution in [3.63, 3.8) is 0 Å². The minimum Gasteiger partial charge on any atom is -0.284 e. The van der Waals surface area contributed by atoms with Crippen LogP contribution in [0.4, 0.5) is 0 Å². The van der Waals surface area contributed by atoms with Gasteiger partial charge in [-0.1, -0.05) is 67.6 Å². The minimum atomic E-state index is 0.261. The summed E-state index contributed by atoms with van der Waals surface area (Å²) in [5, 5.41) is 0. The van der Waals surface area contributed by atoms with Crippen LogP contribution in [0.1, 0.15) is 30.5 Å². The van der Waals surface area contributed by atoms with Crippen molar-refractivity contribution in [2.45, 2.75) is 19.4 Å². The molecule has 0 N–H and O–H groups in total. The van der Waals surface area contributed by atoms with E-state index in [0.717, 1.165) is 12.0 Å². The summed E-state index contributed by atoms with van der Waals surface area (Å²) in [4.78, 5) is 4.66. The van der Waals surface area contributed by atoms with Gasteiger partial charge in [0, 0.05) is 6.21 Å². The Morgan fingerprint density at radius 2 is 1.53 bits per heavy atom. The van der Waals surface area contributed by atoms with Gasteiger partial charge in [0.25, 0.3) is 0 Å². The van der Waals surface area contributed by atoms with Crippen LogP contribution in [0.5, 0.6) is 0 Å². The molecule has 0 saturated carbocycles. The first-order valence-corrected chi connectivity index (χ1v) is 6.03. The minimum absolute atomic E-state index is 0.261. The van der Waals surface area contributed by atoms with Gasteiger partial charge in [0.05, 0.1) is 6.04 Å². The number of aliphatic imine (C=N–C) groups is 1. The molecule has 0 heterocycles. The first kappa shape index (κ1) is 11.6. The Labute approximate surface area is 103 Å². The summed E-state index contributed by atoms with van der Waals surface area (Å²) < 4.78 is 0. The molecule has 0 saturated heterocycles. The Kier molecular flexibility index (Phi) is 4.09. The summed E-state index contributed by atoms with van der Waals surface area (Å²) in [6, 6.07) is 20.9. The topological polar surface area (TPSA) is 12.4 Å². The molecule has 17 heavy (non-hydrogen) atoms. The lowest BCUT2D eigenvalue weighted by atomic mass is 10.1. The zero-order chi connectivity index (χ0) is 11.9. The third kappa shape index (κ3) is 3.28. The second kappa shape index (κ2) is 6.00. The van der Waals surface area contributed by atoms with Crippen molar-refractivity contribution in [2.75, 3.05) is 0 Å². The van der Waals surface area contributed by atoms with Gasteiger partial charge in [0.15, 0.2) is 0 Å². The van der Waals surface area contributed by atoms with Crippen LogP contribution in [0.25, 0.3) is 0 Å². The molecule has 0 fully saturated rings. The zero-order valence-corrected chi connectivity index (χ0v) is 10.1. The smallest absolute Gasteiger partial charge is 0.0746 e. The lowest BCUT2D eigenvalue weighted by Gasteiger charge is -2.09. The number of benzene rings is 2. The lowest BCUT2D eigenvalue weighted by Crippen LogP contribution is -1.94. The second-order valence-corrected chi connectivity index (χ2v) is 4.02. The summed E-state index contributed by atoms with van der Waals surface area (Å²) in [7, 11) is 0. The van der Waals surface area contributed by atoms with Gasteiger partial charge in [-0.3, -0.25) is 4.99 Å². The van der Waals surface area contributed by atoms with E-state index in [2.05, 4.69) is 48.3 Å². The van der Waals surface area contributed by atoms with Gasteiger partial charge in [-0.05, 0) is 17.5 Å². The molecule has 0 aliphatic rings. The van der Waals surface area contributed by atoms with Crippen molar-refractivity contribution in [1.82, 2.24) is 0 Å². The third-order valence-corrected chi connectivity index (χ3v) is 2.77. The van der Waals surface area contributed by atoms with Crippen LogP contribution in [0, 0.1) is 0 Å². The van der Waals surface area contributed by atoms with Crippen LogP contribution >= 0.6 is 0 Å². The molecule has 0 unspecified atom stereocenters. The fourth-order valence-corrected chi connectivity index (χ4v) is 1.82. The van der Waals surface area contributed by atoms with Crippen LogP contribution in [0.15, 0.2) is 65.7 Å². The van der Waals surface area contributed by atoms with E-state index in [4.69, 9.17) is 0 Å². The van der Waals surface area contributed by atoms with Gasteiger partial charge >= 0.3 is 0 Å². The number of hydrogen-bond donors (Lipinski definition) is 0. The van der Waals surface area contributed by atoms with Gasteiger partial charge in [0.1, 0.15) is 0 Å². The van der Waals surface area contributed by atoms with E-state index < -0.39 is 0 Å². The van der Waals surface area contributed by atoms with E-state index >= 15 is 0 Å². The molecule has 0 aromatic heterocycles. The van der Waals surface area contributed by atoms with E-state index in [1.165, 1.54) is 5.56 Å². The van der Waals surface area contributed by atoms with Crippen molar-refractivity contribution < 1.29 is 0 Å². The molecule has 0 spiro atoms. The van der Waals surface area contributed by atoms with E-state index in [-0.39, 0.29) is 6.04 Å². The maximum absolute atomic E-state index is 4.66. The van der Waals surface area contributed by atoms with E-state index in [1.807, 2.05) is 30.5 Å². The fraction of sp³-hybridized carbons (Fsp3) is 0.188. The summed E-state index contributed by atoms with van der Waals surface area (Å²) in [5.74, 6) is 0. The van der Waals surface area contributed by atoms with Crippen LogP contribution < -0.4 is 0 Å². The average Bonchev–Trinajstić information content (AvgIpc) is 2.42. The Bertz CT molecular complexity index is 459. The van der Waals surface area contributed by atoms with Crippen molar-refractivity contribution in [2.24, 2.45) is 4.99 Å². The van der Waals surface area contributed by atoms with Crippen molar-refractivity contribution in [1.29, 1.82) is 0 Å². The predicted octanol–water partition coefficient (Wildman–Crippen LogP) is 4.26. The normalized spacial score (nSPS) is 12.8. The van der Waals surface area contributed by atoms with E-state index in [0.29, 0.717) is 0 Å². The predicted molar refractivity (Wildman–Crippen MR) is 73.5 cm³/mol. The number of nitrogens with zero attached hydrogens (tertiary/aromatic N) is 1. The van der Waals surface area contributed by atoms with Gasteiger partial charge in [-0.15, -0.1) is 0 Å². The standard InChI is InChI=1S/C16H17N/c1-2-16(15-11-7-4-8-12-15)17-13-14-9-5-3-6-10-14/h3-13,16H,2H2,1H3/t16-/m0/s1. The van der Waals surface area contributed by atoms with Crippen LogP contribution in [-0.2, 0) is 0 Å². The Hall–Kier alpha value is -1.89. The number of rotatable bonds is 4. The van der Waals surface area contributed by atoms with Crippen LogP contribution in [-0.4, -0.2) is 6.21 Å². The molecule has 86 valence electrons. The maximum Gasteiger partial charge on any atom is 0.0746 e. The van der Waals surface area contributed by atoms with Gasteiger partial charge in [-0.25, -0.2) is 0 Å². The molecule has 2 aromatic carbocycles. The Morgan fingerprint density at radius 3 is 2.12 bits per heavy atom. The highest BCUT2D eigenvalue weighted by molar-refractivity contribution is 5.79. The molecular formula is C16H17N. The number of hydrogen-bond acceptors (Lipinski definition) is 1. The Balaban J connectivity index is 2.14. The van der Waals surface area contributed by atoms with Gasteiger partial charge < -0.3 is 0 Å². The van der Waals surface area contributed by atoms with Crippen LogP contribution in [0.3, 0.4) is 0 Å². The molecular weight excluding hydrogens is 206 g/mol. The highest BCUT2D eigenvalue weighted by Gasteiger charge is 2.04. The monoisotopic (exact) mass is 223 g/mol. The van der Waals surface area contributed by atoms with Gasteiger partial charge in [0.2, 0.25) is 0 Å². The Morgan fingerprint density at radius 1 is 0.941 bits per heavy atom. The van der Waals surface area contributed by atoms with Crippen LogP contribution in [0.2, 0.25) is 0 Å². The first-order chi connectivity index (χ1) is 8.40. The highest BCUT2D eigenvalue weighted by atomic mass is 14.8. The van der Waals surface area contributed by atoms with Gasteiger partial charge in [-0.2, -0.15) is 0 Å². The maximum atomic E-state index is 4.66. The molecule has 0 amide bonds. The molecule has 0 aliphatic heterocycles. The quantitative estimate of drug-likeness (QED) is 0.687. The summed E-state index contributed by atoms with van der Waals surface area (Å²) in [6.45, 7) is 2.17. The van der Waals surface area contributed by atoms with E-state index in [1.54, 1.807) is 0 Å². The average molecular weight is 223 g/mol. The summed E-state index contributed by atoms with van der Waals surface area (Å²) in [6.07, 6.45) is 2.98. The fourth-order valence-electron chi connectivity index (χ4n) is 1.82. The molecule has 2 rings (SSSR count). The van der Waals surface area contributed by atoms with Crippen molar-refractivity contribution in [3.8, 4) is 0 Å². The molecule has 1 nitrogen and oxygen atoms in total. The lowest BCUT2D eigenvalue weighted by molar-refractivity contribution is 0.704. The van der Waals surface area contributed by atoms with Crippen molar-refractivity contribution >= 4 is 6.21 Å². The first-order valence-electron chi connectivity index (χ1n) is 6.03. The van der Waals surface area contributed by atoms with Crippen molar-refractivity contribution in [3.05, 3.63) is 71.8 Å². The third-order valence-electron chi connectivity index (χ3n) is 2.77. The summed E-state index contributed by atoms with van der Waals surface area (Å²) >= 11 is 0. The molecule has 0 bridgehead atoms. The zero-order valence-electron chi connectivity index (χ0n) is 10.1.